The summed E-state index contributed by atoms with van der Waals surface area (Å²) in [5.41, 5.74) is 2.14. The van der Waals surface area contributed by atoms with Crippen molar-refractivity contribution in [3.05, 3.63) is 30.1 Å². The first-order valence-corrected chi connectivity index (χ1v) is 7.74. The molecule has 1 aliphatic rings. The number of aryl methyl sites for hydroxylation is 2. The molecule has 22 heavy (non-hydrogen) atoms. The van der Waals surface area contributed by atoms with E-state index < -0.39 is 6.10 Å². The number of carbonyl (C=O) groups is 1. The van der Waals surface area contributed by atoms with Crippen LogP contribution >= 0.6 is 0 Å². The highest BCUT2D eigenvalue weighted by Gasteiger charge is 2.27. The van der Waals surface area contributed by atoms with Gasteiger partial charge in [-0.25, -0.2) is 4.98 Å². The van der Waals surface area contributed by atoms with Gasteiger partial charge in [0.05, 0.1) is 23.2 Å². The van der Waals surface area contributed by atoms with E-state index in [1.807, 2.05) is 25.2 Å². The van der Waals surface area contributed by atoms with Crippen LogP contribution in [0.5, 0.6) is 0 Å². The van der Waals surface area contributed by atoms with E-state index in [0.29, 0.717) is 19.5 Å². The quantitative estimate of drug-likeness (QED) is 0.696. The number of aliphatic hydroxyl groups is 1. The van der Waals surface area contributed by atoms with Gasteiger partial charge in [-0.05, 0) is 25.0 Å². The monoisotopic (exact) mass is 302 g/mol. The highest BCUT2D eigenvalue weighted by atomic mass is 16.3. The lowest BCUT2D eigenvalue weighted by Crippen LogP contribution is -2.40. The first-order chi connectivity index (χ1) is 10.6. The van der Waals surface area contributed by atoms with Gasteiger partial charge in [0.1, 0.15) is 5.82 Å². The Morgan fingerprint density at radius 2 is 2.32 bits per heavy atom. The summed E-state index contributed by atoms with van der Waals surface area (Å²) >= 11 is 0. The van der Waals surface area contributed by atoms with Crippen LogP contribution < -0.4 is 10.6 Å². The summed E-state index contributed by atoms with van der Waals surface area (Å²) in [4.78, 5) is 16.5. The molecule has 0 radical (unpaired) electrons. The maximum absolute atomic E-state index is 11.9. The summed E-state index contributed by atoms with van der Waals surface area (Å²) in [7, 11) is 2.02. The fraction of sp³-hybridized carbons (Fsp3) is 0.500. The third-order valence-corrected chi connectivity index (χ3v) is 4.18. The lowest BCUT2D eigenvalue weighted by molar-refractivity contribution is -0.122. The summed E-state index contributed by atoms with van der Waals surface area (Å²) < 4.78 is 2.10. The van der Waals surface area contributed by atoms with Gasteiger partial charge in [0.2, 0.25) is 5.91 Å². The van der Waals surface area contributed by atoms with Crippen LogP contribution in [-0.2, 0) is 18.3 Å². The van der Waals surface area contributed by atoms with Crippen molar-refractivity contribution in [2.75, 3.05) is 13.1 Å². The first-order valence-electron chi connectivity index (χ1n) is 7.74. The zero-order valence-corrected chi connectivity index (χ0v) is 12.7. The van der Waals surface area contributed by atoms with E-state index in [1.54, 1.807) is 0 Å². The molecule has 1 aromatic carbocycles. The number of benzene rings is 1. The van der Waals surface area contributed by atoms with Gasteiger partial charge in [-0.3, -0.25) is 4.79 Å². The molecule has 3 rings (SSSR count). The number of carbonyl (C=O) groups excluding carboxylic acids is 1. The average Bonchev–Trinajstić information content (AvgIpc) is 3.08. The largest absolute Gasteiger partial charge is 0.392 e. The van der Waals surface area contributed by atoms with Gasteiger partial charge < -0.3 is 20.3 Å². The molecule has 1 fully saturated rings. The molecule has 3 N–H and O–H groups in total. The number of amides is 1. The lowest BCUT2D eigenvalue weighted by Gasteiger charge is -2.10. The number of β-amino-alcohol motifs (C(OH)–C–C–N with tert-alkyl or cyclic N) is 1. The van der Waals surface area contributed by atoms with Crippen LogP contribution in [0.15, 0.2) is 24.3 Å². The molecule has 2 heterocycles. The van der Waals surface area contributed by atoms with Crippen LogP contribution in [0.4, 0.5) is 0 Å². The zero-order valence-electron chi connectivity index (χ0n) is 12.7. The summed E-state index contributed by atoms with van der Waals surface area (Å²) in [6.45, 7) is 1.12. The van der Waals surface area contributed by atoms with Crippen LogP contribution in [0.1, 0.15) is 18.7 Å². The van der Waals surface area contributed by atoms with E-state index in [2.05, 4.69) is 26.3 Å². The molecule has 2 atom stereocenters. The normalized spacial score (nSPS) is 21.4. The Morgan fingerprint density at radius 1 is 1.50 bits per heavy atom. The smallest absolute Gasteiger partial charge is 0.237 e. The minimum Gasteiger partial charge on any atom is -0.392 e. The standard InChI is InChI=1S/C16H22N4O2/c1-20-14-6-3-2-5-12(14)19-15(20)7-4-8-17-16(22)13-9-11(21)10-18-13/h2-3,5-6,11,13,18,21H,4,7-10H2,1H3,(H,17,22)/t11-,13+/m1/s1. The number of aliphatic hydroxyl groups excluding tert-OH is 1. The van der Waals surface area contributed by atoms with Gasteiger partial charge in [0, 0.05) is 26.6 Å². The summed E-state index contributed by atoms with van der Waals surface area (Å²) in [5, 5.41) is 15.3. The minimum atomic E-state index is -0.407. The van der Waals surface area contributed by atoms with E-state index in [-0.39, 0.29) is 11.9 Å². The Kier molecular flexibility index (Phi) is 4.40. The van der Waals surface area contributed by atoms with Gasteiger partial charge in [-0.15, -0.1) is 0 Å². The highest BCUT2D eigenvalue weighted by molar-refractivity contribution is 5.82. The number of rotatable bonds is 5. The van der Waals surface area contributed by atoms with Crippen LogP contribution in [0.25, 0.3) is 11.0 Å². The molecule has 0 unspecified atom stereocenters. The number of para-hydroxylation sites is 2. The fourth-order valence-electron chi connectivity index (χ4n) is 2.92. The van der Waals surface area contributed by atoms with E-state index in [9.17, 15) is 9.90 Å². The Morgan fingerprint density at radius 3 is 3.05 bits per heavy atom. The molecule has 1 aliphatic heterocycles. The summed E-state index contributed by atoms with van der Waals surface area (Å²) in [6.07, 6.45) is 1.76. The van der Waals surface area contributed by atoms with Crippen molar-refractivity contribution < 1.29 is 9.90 Å². The molecule has 0 aliphatic carbocycles. The Bertz CT molecular complexity index is 667. The number of fused-ring (bicyclic) bond motifs is 1. The predicted molar refractivity (Wildman–Crippen MR) is 84.5 cm³/mol. The second kappa shape index (κ2) is 6.46. The number of nitrogens with zero attached hydrogens (tertiary/aromatic N) is 2. The van der Waals surface area contributed by atoms with Crippen LogP contribution in [-0.4, -0.2) is 45.8 Å². The van der Waals surface area contributed by atoms with Crippen molar-refractivity contribution in [2.45, 2.75) is 31.4 Å². The molecule has 6 heteroatoms. The Hall–Kier alpha value is -1.92. The van der Waals surface area contributed by atoms with Gasteiger partial charge in [-0.1, -0.05) is 12.1 Å². The van der Waals surface area contributed by atoms with Crippen molar-refractivity contribution in [3.8, 4) is 0 Å². The van der Waals surface area contributed by atoms with Crippen LogP contribution in [0, 0.1) is 0 Å². The average molecular weight is 302 g/mol. The van der Waals surface area contributed by atoms with Gasteiger partial charge in [-0.2, -0.15) is 0 Å². The van der Waals surface area contributed by atoms with E-state index in [1.165, 1.54) is 0 Å². The zero-order chi connectivity index (χ0) is 15.5. The van der Waals surface area contributed by atoms with Crippen molar-refractivity contribution in [2.24, 2.45) is 7.05 Å². The SMILES string of the molecule is Cn1c(CCCNC(=O)[C@@H]2C[C@@H](O)CN2)nc2ccccc21. The Balaban J connectivity index is 1.48. The Labute approximate surface area is 129 Å². The molecule has 1 aromatic heterocycles. The highest BCUT2D eigenvalue weighted by Crippen LogP contribution is 2.15. The van der Waals surface area contributed by atoms with E-state index in [4.69, 9.17) is 0 Å². The minimum absolute atomic E-state index is 0.0263. The third-order valence-electron chi connectivity index (χ3n) is 4.18. The predicted octanol–water partition coefficient (Wildman–Crippen LogP) is 0.345. The third kappa shape index (κ3) is 3.13. The van der Waals surface area contributed by atoms with Crippen molar-refractivity contribution in [1.82, 2.24) is 20.2 Å². The second-order valence-corrected chi connectivity index (χ2v) is 5.82. The topological polar surface area (TPSA) is 79.2 Å². The maximum atomic E-state index is 11.9. The van der Waals surface area contributed by atoms with Gasteiger partial charge >= 0.3 is 0 Å². The van der Waals surface area contributed by atoms with E-state index >= 15 is 0 Å². The van der Waals surface area contributed by atoms with Crippen molar-refractivity contribution >= 4 is 16.9 Å². The molecule has 6 nitrogen and oxygen atoms in total. The molecule has 118 valence electrons. The molecule has 0 bridgehead atoms. The maximum Gasteiger partial charge on any atom is 0.237 e. The number of hydrogen-bond acceptors (Lipinski definition) is 4. The number of nitrogens with one attached hydrogen (secondary N) is 2. The molecular formula is C16H22N4O2. The fourth-order valence-corrected chi connectivity index (χ4v) is 2.92. The molecule has 0 spiro atoms. The molecule has 1 amide bonds. The second-order valence-electron chi connectivity index (χ2n) is 5.82. The summed E-state index contributed by atoms with van der Waals surface area (Å²) in [5.74, 6) is 1.01. The van der Waals surface area contributed by atoms with Crippen LogP contribution in [0.3, 0.4) is 0 Å². The molecule has 2 aromatic rings. The molecule has 1 saturated heterocycles. The molecular weight excluding hydrogens is 280 g/mol. The van der Waals surface area contributed by atoms with Gasteiger partial charge in [0.15, 0.2) is 0 Å². The number of aromatic nitrogens is 2. The van der Waals surface area contributed by atoms with Crippen molar-refractivity contribution in [1.29, 1.82) is 0 Å². The number of imidazole rings is 1. The van der Waals surface area contributed by atoms with Gasteiger partial charge in [0.25, 0.3) is 0 Å². The lowest BCUT2D eigenvalue weighted by atomic mass is 10.2. The summed E-state index contributed by atoms with van der Waals surface area (Å²) in [6, 6.07) is 7.81. The molecule has 0 saturated carbocycles. The number of hydrogen-bond donors (Lipinski definition) is 3. The van der Waals surface area contributed by atoms with Crippen LogP contribution in [0.2, 0.25) is 0 Å². The van der Waals surface area contributed by atoms with Crippen molar-refractivity contribution in [3.63, 3.8) is 0 Å². The first kappa shape index (κ1) is 15.0. The van der Waals surface area contributed by atoms with E-state index in [0.717, 1.165) is 29.7 Å².